The average molecular weight is 837 g/mol. The number of morpholine rings is 1. The number of primary amides is 2. The molecule has 0 atom stereocenters. The van der Waals surface area contributed by atoms with Crippen LogP contribution < -0.4 is 31.6 Å². The smallest absolute Gasteiger partial charge is 0.295 e. The first-order valence-corrected chi connectivity index (χ1v) is 19.8. The van der Waals surface area contributed by atoms with E-state index < -0.39 is 23.6 Å². The molecule has 0 radical (unpaired) electrons. The van der Waals surface area contributed by atoms with Gasteiger partial charge in [0.15, 0.2) is 5.89 Å². The van der Waals surface area contributed by atoms with Crippen molar-refractivity contribution in [1.82, 2.24) is 38.8 Å². The molecule has 6 N–H and O–H groups in total. The van der Waals surface area contributed by atoms with Gasteiger partial charge in [0, 0.05) is 57.3 Å². The number of aryl methyl sites for hydroxylation is 4. The molecule has 4 aromatic heterocycles. The number of amides is 4. The van der Waals surface area contributed by atoms with Crippen molar-refractivity contribution in [3.05, 3.63) is 82.3 Å². The lowest BCUT2D eigenvalue weighted by Crippen LogP contribution is -2.37. The van der Waals surface area contributed by atoms with E-state index in [4.69, 9.17) is 35.1 Å². The summed E-state index contributed by atoms with van der Waals surface area (Å²) < 4.78 is 28.1. The number of fused-ring (bicyclic) bond motifs is 2. The molecule has 20 heteroatoms. The normalized spacial score (nSPS) is 13.3. The van der Waals surface area contributed by atoms with Crippen LogP contribution in [0.15, 0.2) is 46.9 Å². The Morgan fingerprint density at radius 3 is 1.97 bits per heavy atom. The lowest BCUT2D eigenvalue weighted by molar-refractivity contribution is 0.0358. The number of rotatable bonds is 17. The molecule has 1 saturated heterocycles. The van der Waals surface area contributed by atoms with Crippen LogP contribution in [0.4, 0.5) is 11.9 Å². The zero-order valence-corrected chi connectivity index (χ0v) is 34.6. The van der Waals surface area contributed by atoms with E-state index >= 15 is 0 Å². The van der Waals surface area contributed by atoms with Gasteiger partial charge in [-0.3, -0.25) is 39.4 Å². The number of nitrogens with two attached hydrogens (primary N) is 2. The molecule has 0 bridgehead atoms. The molecule has 0 unspecified atom stereocenters. The highest BCUT2D eigenvalue weighted by Gasteiger charge is 2.24. The van der Waals surface area contributed by atoms with Crippen molar-refractivity contribution >= 4 is 57.6 Å². The summed E-state index contributed by atoms with van der Waals surface area (Å²) in [5.41, 5.74) is 14.9. The quantitative estimate of drug-likeness (QED) is 0.0758. The van der Waals surface area contributed by atoms with E-state index in [1.165, 1.54) is 19.2 Å². The molecule has 1 aliphatic rings. The van der Waals surface area contributed by atoms with E-state index in [2.05, 4.69) is 30.6 Å². The minimum atomic E-state index is -0.680. The van der Waals surface area contributed by atoms with Crippen molar-refractivity contribution in [3.8, 4) is 11.5 Å². The number of benzene rings is 2. The third kappa shape index (κ3) is 9.09. The Morgan fingerprint density at radius 1 is 0.820 bits per heavy atom. The van der Waals surface area contributed by atoms with Crippen LogP contribution >= 0.6 is 0 Å². The molecule has 7 rings (SSSR count). The maximum Gasteiger partial charge on any atom is 0.295 e. The topological polar surface area (TPSA) is 255 Å². The van der Waals surface area contributed by atoms with E-state index in [1.807, 2.05) is 19.1 Å². The van der Waals surface area contributed by atoms with Crippen molar-refractivity contribution < 1.29 is 37.8 Å². The van der Waals surface area contributed by atoms with Gasteiger partial charge in [0.25, 0.3) is 11.8 Å². The Balaban J connectivity index is 1.25. The van der Waals surface area contributed by atoms with Crippen LogP contribution in [0.3, 0.4) is 0 Å². The van der Waals surface area contributed by atoms with Crippen molar-refractivity contribution in [1.29, 1.82) is 0 Å². The number of imidazole rings is 2. The molecule has 61 heavy (non-hydrogen) atoms. The fourth-order valence-electron chi connectivity index (χ4n) is 7.25. The fourth-order valence-corrected chi connectivity index (χ4v) is 7.25. The molecule has 0 spiro atoms. The highest BCUT2D eigenvalue weighted by Crippen LogP contribution is 2.33. The predicted octanol–water partition coefficient (Wildman–Crippen LogP) is 3.58. The van der Waals surface area contributed by atoms with Crippen LogP contribution in [-0.2, 0) is 24.4 Å². The first-order chi connectivity index (χ1) is 29.3. The zero-order chi connectivity index (χ0) is 43.4. The number of aromatic nitrogens is 7. The van der Waals surface area contributed by atoms with Crippen LogP contribution in [0.1, 0.15) is 72.4 Å². The van der Waals surface area contributed by atoms with Gasteiger partial charge >= 0.3 is 0 Å². The highest BCUT2D eigenvalue weighted by molar-refractivity contribution is 6.05. The van der Waals surface area contributed by atoms with Gasteiger partial charge in [-0.05, 0) is 57.5 Å². The van der Waals surface area contributed by atoms with E-state index in [-0.39, 0.29) is 41.9 Å². The van der Waals surface area contributed by atoms with Gasteiger partial charge in [0.1, 0.15) is 28.2 Å². The number of nitrogens with one attached hydrogen (secondary N) is 2. The van der Waals surface area contributed by atoms with E-state index in [9.17, 15) is 19.2 Å². The van der Waals surface area contributed by atoms with Gasteiger partial charge in [0.2, 0.25) is 29.5 Å². The molecular formula is C41H48N12O8. The maximum absolute atomic E-state index is 13.8. The molecule has 0 aliphatic carbocycles. The summed E-state index contributed by atoms with van der Waals surface area (Å²) in [5, 5.41) is 10.2. The van der Waals surface area contributed by atoms with E-state index in [0.29, 0.717) is 89.3 Å². The van der Waals surface area contributed by atoms with Gasteiger partial charge < -0.3 is 39.2 Å². The van der Waals surface area contributed by atoms with Crippen LogP contribution in [0.5, 0.6) is 11.5 Å². The molecule has 1 aliphatic heterocycles. The van der Waals surface area contributed by atoms with Gasteiger partial charge in [-0.2, -0.15) is 5.10 Å². The molecule has 4 amide bonds. The van der Waals surface area contributed by atoms with Crippen LogP contribution in [-0.4, -0.2) is 109 Å². The summed E-state index contributed by atoms with van der Waals surface area (Å²) in [6.07, 6.45) is 4.38. The molecular weight excluding hydrogens is 789 g/mol. The van der Waals surface area contributed by atoms with Crippen molar-refractivity contribution in [3.63, 3.8) is 0 Å². The molecule has 1 fully saturated rings. The van der Waals surface area contributed by atoms with Crippen LogP contribution in [0.25, 0.3) is 22.1 Å². The van der Waals surface area contributed by atoms with Gasteiger partial charge in [0.05, 0.1) is 49.4 Å². The highest BCUT2D eigenvalue weighted by atomic mass is 16.5. The van der Waals surface area contributed by atoms with Gasteiger partial charge in [-0.1, -0.05) is 12.2 Å². The fraction of sp³-hybridized carbons (Fsp3) is 0.366. The number of ether oxygens (including phenoxy) is 3. The number of hydrogen-bond donors (Lipinski definition) is 4. The minimum absolute atomic E-state index is 0.0220. The Hall–Kier alpha value is -7.06. The lowest BCUT2D eigenvalue weighted by atomic mass is 10.1. The summed E-state index contributed by atoms with van der Waals surface area (Å²) in [7, 11) is 1.45. The van der Waals surface area contributed by atoms with E-state index in [1.54, 1.807) is 52.8 Å². The first kappa shape index (κ1) is 42.1. The van der Waals surface area contributed by atoms with Gasteiger partial charge in [-0.25, -0.2) is 15.0 Å². The minimum Gasteiger partial charge on any atom is -0.494 e. The zero-order valence-electron chi connectivity index (χ0n) is 34.6. The molecule has 6 aromatic rings. The van der Waals surface area contributed by atoms with Crippen LogP contribution in [0, 0.1) is 20.8 Å². The number of allylic oxidation sites excluding steroid dienone is 2. The third-order valence-electron chi connectivity index (χ3n) is 10.1. The Morgan fingerprint density at radius 2 is 1.41 bits per heavy atom. The Labute approximate surface area is 349 Å². The monoisotopic (exact) mass is 836 g/mol. The second-order valence-electron chi connectivity index (χ2n) is 14.4. The van der Waals surface area contributed by atoms with E-state index in [0.717, 1.165) is 19.6 Å². The summed E-state index contributed by atoms with van der Waals surface area (Å²) in [6, 6.07) is 7.85. The second-order valence-corrected chi connectivity index (χ2v) is 14.4. The lowest BCUT2D eigenvalue weighted by Gasteiger charge is -2.26. The average Bonchev–Trinajstić information content (AvgIpc) is 3.99. The number of nitrogens with zero attached hydrogens (tertiary/aromatic N) is 8. The molecule has 20 nitrogen and oxygen atoms in total. The molecule has 320 valence electrons. The molecule has 0 saturated carbocycles. The number of methoxy groups -OCH3 is 1. The SMILES string of the molecule is CCn1nc(C)cc1C(=O)Nc1nc2cc(C(N)=O)cc(OCCCN3CCOCC3)c2n1C/C=C/Cn1c(NC(=O)c2oc(C)nc2C)nc2cc(C(N)=O)cc(OC)c21. The van der Waals surface area contributed by atoms with Crippen molar-refractivity contribution in [2.24, 2.45) is 11.5 Å². The standard InChI is InChI=1S/C41H48N12O8/c1-6-53-30(18-23(2)49-53)38(56)47-40-46-29-20-27(37(43)55)22-32(60-15-9-10-50-13-16-59-17-14-50)34(29)52(40)12-8-7-11-51-33-28(19-26(36(42)54)21-31(33)58-5)45-41(51)48-39(57)35-24(3)44-25(4)61-35/h7-8,18-22H,6,9-17H2,1-5H3,(H2,42,54)(H2,43,55)(H,45,48,57)(H,46,47,56)/b8-7+. The molecule has 5 heterocycles. The Kier molecular flexibility index (Phi) is 12.5. The number of anilines is 2. The second kappa shape index (κ2) is 18.1. The summed E-state index contributed by atoms with van der Waals surface area (Å²) in [5.74, 6) is -1.03. The summed E-state index contributed by atoms with van der Waals surface area (Å²) in [6.45, 7) is 11.9. The van der Waals surface area contributed by atoms with Crippen LogP contribution in [0.2, 0.25) is 0 Å². The summed E-state index contributed by atoms with van der Waals surface area (Å²) >= 11 is 0. The number of carbonyl (C=O) groups excluding carboxylic acids is 4. The maximum atomic E-state index is 13.8. The summed E-state index contributed by atoms with van der Waals surface area (Å²) in [4.78, 5) is 67.9. The number of carbonyl (C=O) groups is 4. The number of hydrogen-bond acceptors (Lipinski definition) is 13. The first-order valence-electron chi connectivity index (χ1n) is 19.8. The largest absolute Gasteiger partial charge is 0.494 e. The molecule has 2 aromatic carbocycles. The third-order valence-corrected chi connectivity index (χ3v) is 10.1. The van der Waals surface area contributed by atoms with Crippen molar-refractivity contribution in [2.75, 3.05) is 57.2 Å². The van der Waals surface area contributed by atoms with Crippen molar-refractivity contribution in [2.45, 2.75) is 53.8 Å². The Bertz CT molecular complexity index is 2670. The number of oxazole rings is 1. The van der Waals surface area contributed by atoms with Gasteiger partial charge in [-0.15, -0.1) is 0 Å². The predicted molar refractivity (Wildman–Crippen MR) is 224 cm³/mol.